The second-order valence-electron chi connectivity index (χ2n) is 6.05. The second kappa shape index (κ2) is 8.48. The highest BCUT2D eigenvalue weighted by Crippen LogP contribution is 2.23. The predicted molar refractivity (Wildman–Crippen MR) is 102 cm³/mol. The first kappa shape index (κ1) is 20.6. The van der Waals surface area contributed by atoms with Gasteiger partial charge in [-0.15, -0.1) is 0 Å². The summed E-state index contributed by atoms with van der Waals surface area (Å²) in [5.74, 6) is -6.78. The van der Waals surface area contributed by atoms with Crippen LogP contribution < -0.4 is 10.6 Å². The average molecular weight is 414 g/mol. The van der Waals surface area contributed by atoms with Crippen molar-refractivity contribution in [3.63, 3.8) is 0 Å². The van der Waals surface area contributed by atoms with E-state index in [0.29, 0.717) is 12.1 Å². The summed E-state index contributed by atoms with van der Waals surface area (Å²) >= 11 is 0. The molecule has 0 fully saturated rings. The van der Waals surface area contributed by atoms with E-state index in [1.807, 2.05) is 0 Å². The summed E-state index contributed by atoms with van der Waals surface area (Å²) < 4.78 is 40.7. The lowest BCUT2D eigenvalue weighted by Gasteiger charge is -2.13. The number of amides is 2. The Bertz CT molecular complexity index is 1160. The van der Waals surface area contributed by atoms with Crippen molar-refractivity contribution >= 4 is 29.2 Å². The number of nitrogens with one attached hydrogen (secondary N) is 2. The summed E-state index contributed by atoms with van der Waals surface area (Å²) in [6.45, 7) is 0. The fourth-order valence-corrected chi connectivity index (χ4v) is 2.64. The van der Waals surface area contributed by atoms with Crippen molar-refractivity contribution in [3.8, 4) is 0 Å². The van der Waals surface area contributed by atoms with Crippen molar-refractivity contribution in [2.45, 2.75) is 0 Å². The van der Waals surface area contributed by atoms with E-state index >= 15 is 0 Å². The third-order valence-electron chi connectivity index (χ3n) is 4.08. The van der Waals surface area contributed by atoms with Gasteiger partial charge in [0, 0.05) is 6.07 Å². The number of para-hydroxylation sites is 1. The Morgan fingerprint density at radius 1 is 0.633 bits per heavy atom. The van der Waals surface area contributed by atoms with Gasteiger partial charge in [0.2, 0.25) is 0 Å². The molecule has 0 radical (unpaired) electrons. The molecule has 0 spiro atoms. The van der Waals surface area contributed by atoms with Crippen LogP contribution in [-0.2, 0) is 0 Å². The zero-order valence-electron chi connectivity index (χ0n) is 15.1. The smallest absolute Gasteiger partial charge is 0.337 e. The van der Waals surface area contributed by atoms with Gasteiger partial charge in [0.05, 0.1) is 28.1 Å². The second-order valence-corrected chi connectivity index (χ2v) is 6.05. The van der Waals surface area contributed by atoms with Gasteiger partial charge in [-0.3, -0.25) is 9.59 Å². The van der Waals surface area contributed by atoms with E-state index in [1.54, 1.807) is 0 Å². The van der Waals surface area contributed by atoms with E-state index in [0.717, 1.165) is 6.07 Å². The number of carboxylic acid groups (broad SMARTS) is 1. The van der Waals surface area contributed by atoms with Gasteiger partial charge >= 0.3 is 5.97 Å². The highest BCUT2D eigenvalue weighted by atomic mass is 19.2. The molecule has 3 rings (SSSR count). The molecule has 0 saturated heterocycles. The van der Waals surface area contributed by atoms with Gasteiger partial charge in [0.15, 0.2) is 11.6 Å². The molecular weight excluding hydrogens is 401 g/mol. The number of carbonyl (C=O) groups excluding carboxylic acids is 2. The molecule has 2 amide bonds. The maximum Gasteiger partial charge on any atom is 0.337 e. The summed E-state index contributed by atoms with van der Waals surface area (Å²) in [4.78, 5) is 36.3. The molecule has 3 aromatic rings. The number of hydrogen-bond acceptors (Lipinski definition) is 3. The number of carbonyl (C=O) groups is 3. The Kier molecular flexibility index (Phi) is 5.82. The lowest BCUT2D eigenvalue weighted by molar-refractivity contribution is 0.0697. The van der Waals surface area contributed by atoms with Crippen LogP contribution >= 0.6 is 0 Å². The maximum atomic E-state index is 13.8. The summed E-state index contributed by atoms with van der Waals surface area (Å²) in [5, 5.41) is 13.7. The van der Waals surface area contributed by atoms with E-state index in [4.69, 9.17) is 5.11 Å². The molecule has 3 N–H and O–H groups in total. The Balaban J connectivity index is 1.90. The van der Waals surface area contributed by atoms with Gasteiger partial charge in [0.25, 0.3) is 11.8 Å². The zero-order valence-corrected chi connectivity index (χ0v) is 15.1. The van der Waals surface area contributed by atoms with Crippen LogP contribution in [0, 0.1) is 17.5 Å². The average Bonchev–Trinajstić information content (AvgIpc) is 2.71. The number of halogens is 3. The normalized spacial score (nSPS) is 10.4. The molecule has 30 heavy (non-hydrogen) atoms. The number of anilines is 2. The third kappa shape index (κ3) is 4.30. The van der Waals surface area contributed by atoms with E-state index in [2.05, 4.69) is 10.6 Å². The van der Waals surface area contributed by atoms with Crippen LogP contribution in [0.5, 0.6) is 0 Å². The van der Waals surface area contributed by atoms with Crippen LogP contribution in [0.3, 0.4) is 0 Å². The molecule has 0 atom stereocenters. The first-order chi connectivity index (χ1) is 14.3. The highest BCUT2D eigenvalue weighted by molar-refractivity contribution is 6.13. The van der Waals surface area contributed by atoms with Crippen molar-refractivity contribution in [1.82, 2.24) is 0 Å². The fraction of sp³-hybridized carbons (Fsp3) is 0. The molecule has 0 aliphatic carbocycles. The first-order valence-electron chi connectivity index (χ1n) is 8.46. The van der Waals surface area contributed by atoms with Crippen molar-refractivity contribution in [1.29, 1.82) is 0 Å². The van der Waals surface area contributed by atoms with Crippen LogP contribution in [0.1, 0.15) is 31.1 Å². The van der Waals surface area contributed by atoms with E-state index in [1.165, 1.54) is 42.5 Å². The Morgan fingerprint density at radius 3 is 1.83 bits per heavy atom. The molecule has 3 aromatic carbocycles. The zero-order chi connectivity index (χ0) is 21.8. The Labute approximate surface area is 168 Å². The highest BCUT2D eigenvalue weighted by Gasteiger charge is 2.20. The molecule has 0 saturated carbocycles. The summed E-state index contributed by atoms with van der Waals surface area (Å²) in [7, 11) is 0. The molecule has 0 unspecified atom stereocenters. The Hall–Kier alpha value is -4.14. The fourth-order valence-electron chi connectivity index (χ4n) is 2.64. The number of hydrogen-bond donors (Lipinski definition) is 3. The van der Waals surface area contributed by atoms with Gasteiger partial charge < -0.3 is 15.7 Å². The van der Waals surface area contributed by atoms with E-state index in [9.17, 15) is 27.6 Å². The lowest BCUT2D eigenvalue weighted by atomic mass is 10.1. The quantitative estimate of drug-likeness (QED) is 0.580. The van der Waals surface area contributed by atoms with Crippen LogP contribution in [-0.4, -0.2) is 22.9 Å². The third-order valence-corrected chi connectivity index (χ3v) is 4.08. The molecular formula is C21H13F3N2O4. The van der Waals surface area contributed by atoms with Gasteiger partial charge in [0.1, 0.15) is 5.82 Å². The maximum absolute atomic E-state index is 13.8. The Morgan fingerprint density at radius 2 is 1.17 bits per heavy atom. The van der Waals surface area contributed by atoms with Crippen LogP contribution in [0.15, 0.2) is 60.7 Å². The number of benzene rings is 3. The van der Waals surface area contributed by atoms with Crippen molar-refractivity contribution in [3.05, 3.63) is 94.8 Å². The minimum absolute atomic E-state index is 0.00251. The number of carboxylic acids is 1. The molecule has 9 heteroatoms. The minimum Gasteiger partial charge on any atom is -0.478 e. The monoisotopic (exact) mass is 414 g/mol. The van der Waals surface area contributed by atoms with E-state index < -0.39 is 46.5 Å². The standard InChI is InChI=1S/C21H13F3N2O4/c22-14-7-3-1-5-11(14)19(27)25-17-8-4-2-6-12(17)20(28)26-18-10-16(24)15(23)9-13(18)21(29)30/h1-10H,(H,25,27)(H,26,28)(H,29,30). The van der Waals surface area contributed by atoms with Gasteiger partial charge in [-0.05, 0) is 30.3 Å². The SMILES string of the molecule is O=C(Nc1ccccc1C(=O)Nc1cc(F)c(F)cc1C(=O)O)c1ccccc1F. The molecule has 0 heterocycles. The van der Waals surface area contributed by atoms with Crippen LogP contribution in [0.2, 0.25) is 0 Å². The van der Waals surface area contributed by atoms with Gasteiger partial charge in [-0.25, -0.2) is 18.0 Å². The molecule has 0 bridgehead atoms. The predicted octanol–water partition coefficient (Wildman–Crippen LogP) is 4.31. The summed E-state index contributed by atoms with van der Waals surface area (Å²) in [6.07, 6.45) is 0. The van der Waals surface area contributed by atoms with Crippen molar-refractivity contribution in [2.24, 2.45) is 0 Å². The largest absolute Gasteiger partial charge is 0.478 e. The number of rotatable bonds is 5. The molecule has 6 nitrogen and oxygen atoms in total. The molecule has 0 aliphatic rings. The van der Waals surface area contributed by atoms with Gasteiger partial charge in [-0.1, -0.05) is 24.3 Å². The minimum atomic E-state index is -1.58. The summed E-state index contributed by atoms with van der Waals surface area (Å²) in [6, 6.07) is 11.9. The topological polar surface area (TPSA) is 95.5 Å². The van der Waals surface area contributed by atoms with Crippen molar-refractivity contribution in [2.75, 3.05) is 10.6 Å². The lowest BCUT2D eigenvalue weighted by Crippen LogP contribution is -2.20. The van der Waals surface area contributed by atoms with E-state index in [-0.39, 0.29) is 16.8 Å². The summed E-state index contributed by atoms with van der Waals surface area (Å²) in [5.41, 5.74) is -1.48. The first-order valence-corrected chi connectivity index (χ1v) is 8.46. The van der Waals surface area contributed by atoms with Crippen molar-refractivity contribution < 1.29 is 32.7 Å². The molecule has 0 aromatic heterocycles. The van der Waals surface area contributed by atoms with Crippen LogP contribution in [0.25, 0.3) is 0 Å². The number of aromatic carboxylic acids is 1. The molecule has 0 aliphatic heterocycles. The molecule has 152 valence electrons. The van der Waals surface area contributed by atoms with Gasteiger partial charge in [-0.2, -0.15) is 0 Å². The van der Waals surface area contributed by atoms with Crippen LogP contribution in [0.4, 0.5) is 24.5 Å².